The van der Waals surface area contributed by atoms with E-state index < -0.39 is 0 Å². The fraction of sp³-hybridized carbons (Fsp3) is 0.214. The lowest BCUT2D eigenvalue weighted by Gasteiger charge is -2.03. The summed E-state index contributed by atoms with van der Waals surface area (Å²) in [5.41, 5.74) is 4.69. The molecule has 0 aliphatic heterocycles. The number of aryl methyl sites for hydroxylation is 2. The number of rotatable bonds is 2. The van der Waals surface area contributed by atoms with E-state index in [0.29, 0.717) is 0 Å². The van der Waals surface area contributed by atoms with Crippen molar-refractivity contribution in [2.24, 2.45) is 0 Å². The third-order valence-corrected chi connectivity index (χ3v) is 2.52. The molecular formula is C14H15N. The minimum Gasteiger partial charge on any atom is -0.253 e. The third-order valence-electron chi connectivity index (χ3n) is 2.52. The highest BCUT2D eigenvalue weighted by atomic mass is 14.7. The maximum absolute atomic E-state index is 4.52. The average molecular weight is 197 g/mol. The van der Waals surface area contributed by atoms with Gasteiger partial charge in [0, 0.05) is 11.3 Å². The summed E-state index contributed by atoms with van der Waals surface area (Å²) in [6.07, 6.45) is 1.07. The molecular weight excluding hydrogens is 182 g/mol. The zero-order chi connectivity index (χ0) is 10.7. The van der Waals surface area contributed by atoms with Gasteiger partial charge in [0.1, 0.15) is 0 Å². The lowest BCUT2D eigenvalue weighted by molar-refractivity contribution is 1.14. The van der Waals surface area contributed by atoms with Gasteiger partial charge in [-0.05, 0) is 37.1 Å². The van der Waals surface area contributed by atoms with E-state index in [1.807, 2.05) is 13.0 Å². The first-order chi connectivity index (χ1) is 7.29. The molecule has 0 N–H and O–H groups in total. The van der Waals surface area contributed by atoms with Crippen molar-refractivity contribution >= 4 is 0 Å². The molecule has 1 heteroatoms. The van der Waals surface area contributed by atoms with Crippen LogP contribution in [0.15, 0.2) is 42.5 Å². The molecule has 0 unspecified atom stereocenters. The first kappa shape index (κ1) is 9.91. The molecule has 0 spiro atoms. The molecule has 0 amide bonds. The number of hydrogen-bond donors (Lipinski definition) is 0. The second kappa shape index (κ2) is 4.26. The Labute approximate surface area is 90.8 Å². The highest BCUT2D eigenvalue weighted by Gasteiger charge is 1.99. The summed E-state index contributed by atoms with van der Waals surface area (Å²) in [7, 11) is 0. The van der Waals surface area contributed by atoms with Crippen molar-refractivity contribution in [1.82, 2.24) is 4.98 Å². The number of hydrogen-bond acceptors (Lipinski definition) is 1. The van der Waals surface area contributed by atoms with E-state index in [1.54, 1.807) is 0 Å². The van der Waals surface area contributed by atoms with E-state index in [0.717, 1.165) is 17.8 Å². The highest BCUT2D eigenvalue weighted by molar-refractivity contribution is 5.60. The van der Waals surface area contributed by atoms with Crippen LogP contribution in [-0.4, -0.2) is 4.98 Å². The van der Waals surface area contributed by atoms with Crippen molar-refractivity contribution in [1.29, 1.82) is 0 Å². The summed E-state index contributed by atoms with van der Waals surface area (Å²) in [5.74, 6) is 0. The Morgan fingerprint density at radius 3 is 2.60 bits per heavy atom. The van der Waals surface area contributed by atoms with Gasteiger partial charge in [0.2, 0.25) is 0 Å². The van der Waals surface area contributed by atoms with Crippen LogP contribution in [-0.2, 0) is 6.42 Å². The molecule has 0 saturated carbocycles. The zero-order valence-corrected chi connectivity index (χ0v) is 9.20. The van der Waals surface area contributed by atoms with Crippen molar-refractivity contribution in [3.05, 3.63) is 53.7 Å². The summed E-state index contributed by atoms with van der Waals surface area (Å²) < 4.78 is 0. The molecule has 1 aromatic carbocycles. The van der Waals surface area contributed by atoms with Crippen LogP contribution in [0.1, 0.15) is 18.2 Å². The summed E-state index contributed by atoms with van der Waals surface area (Å²) in [6, 6.07) is 14.7. The number of pyridine rings is 1. The monoisotopic (exact) mass is 197 g/mol. The van der Waals surface area contributed by atoms with Crippen LogP contribution < -0.4 is 0 Å². The molecule has 0 atom stereocenters. The minimum atomic E-state index is 1.06. The fourth-order valence-corrected chi connectivity index (χ4v) is 1.65. The van der Waals surface area contributed by atoms with Crippen LogP contribution in [0, 0.1) is 6.92 Å². The predicted octanol–water partition coefficient (Wildman–Crippen LogP) is 3.62. The summed E-state index contributed by atoms with van der Waals surface area (Å²) in [5, 5.41) is 0. The predicted molar refractivity (Wildman–Crippen MR) is 63.8 cm³/mol. The normalized spacial score (nSPS) is 10.3. The van der Waals surface area contributed by atoms with Gasteiger partial charge in [0.15, 0.2) is 0 Å². The fourth-order valence-electron chi connectivity index (χ4n) is 1.65. The van der Waals surface area contributed by atoms with E-state index in [4.69, 9.17) is 0 Å². The number of aromatic nitrogens is 1. The molecule has 1 aromatic heterocycles. The number of benzene rings is 1. The lowest BCUT2D eigenvalue weighted by atomic mass is 10.1. The topological polar surface area (TPSA) is 12.9 Å². The van der Waals surface area contributed by atoms with Gasteiger partial charge >= 0.3 is 0 Å². The molecule has 1 nitrogen and oxygen atoms in total. The van der Waals surface area contributed by atoms with Crippen molar-refractivity contribution in [3.63, 3.8) is 0 Å². The molecule has 1 heterocycles. The van der Waals surface area contributed by atoms with Crippen LogP contribution in [0.3, 0.4) is 0 Å². The first-order valence-electron chi connectivity index (χ1n) is 5.32. The third kappa shape index (κ3) is 2.24. The molecule has 0 aliphatic carbocycles. The van der Waals surface area contributed by atoms with E-state index >= 15 is 0 Å². The van der Waals surface area contributed by atoms with E-state index in [1.165, 1.54) is 11.1 Å². The molecule has 2 aromatic rings. The second-order valence-corrected chi connectivity index (χ2v) is 3.72. The maximum Gasteiger partial charge on any atom is 0.0705 e. The Kier molecular flexibility index (Phi) is 2.82. The van der Waals surface area contributed by atoms with Gasteiger partial charge in [-0.25, -0.2) is 0 Å². The maximum atomic E-state index is 4.52. The summed E-state index contributed by atoms with van der Waals surface area (Å²) in [6.45, 7) is 4.19. The molecule has 0 radical (unpaired) electrons. The van der Waals surface area contributed by atoms with Crippen LogP contribution in [0.2, 0.25) is 0 Å². The van der Waals surface area contributed by atoms with Gasteiger partial charge in [0.05, 0.1) is 5.69 Å². The standard InChI is InChI=1S/C14H15N/c1-3-12-7-5-8-13(10-12)14-9-4-6-11(2)15-14/h4-10H,3H2,1-2H3. The molecule has 0 fully saturated rings. The second-order valence-electron chi connectivity index (χ2n) is 3.72. The Hall–Kier alpha value is -1.63. The van der Waals surface area contributed by atoms with Crippen molar-refractivity contribution in [2.75, 3.05) is 0 Å². The van der Waals surface area contributed by atoms with E-state index in [-0.39, 0.29) is 0 Å². The SMILES string of the molecule is CCc1cccc(-c2cccc(C)n2)c1. The highest BCUT2D eigenvalue weighted by Crippen LogP contribution is 2.18. The average Bonchev–Trinajstić information content (AvgIpc) is 2.29. The summed E-state index contributed by atoms with van der Waals surface area (Å²) in [4.78, 5) is 4.52. The Bertz CT molecular complexity index is 460. The van der Waals surface area contributed by atoms with Gasteiger partial charge < -0.3 is 0 Å². The smallest absolute Gasteiger partial charge is 0.0705 e. The minimum absolute atomic E-state index is 1.06. The molecule has 0 aliphatic rings. The van der Waals surface area contributed by atoms with Gasteiger partial charge in [0.25, 0.3) is 0 Å². The molecule has 0 saturated heterocycles. The van der Waals surface area contributed by atoms with Crippen molar-refractivity contribution in [2.45, 2.75) is 20.3 Å². The van der Waals surface area contributed by atoms with Gasteiger partial charge in [-0.15, -0.1) is 0 Å². The van der Waals surface area contributed by atoms with Crippen LogP contribution in [0.4, 0.5) is 0 Å². The quantitative estimate of drug-likeness (QED) is 0.716. The van der Waals surface area contributed by atoms with E-state index in [2.05, 4.69) is 48.3 Å². The van der Waals surface area contributed by atoms with Crippen molar-refractivity contribution in [3.8, 4) is 11.3 Å². The van der Waals surface area contributed by atoms with Gasteiger partial charge in [-0.2, -0.15) is 0 Å². The van der Waals surface area contributed by atoms with Gasteiger partial charge in [-0.3, -0.25) is 4.98 Å². The number of nitrogens with zero attached hydrogens (tertiary/aromatic N) is 1. The van der Waals surface area contributed by atoms with E-state index in [9.17, 15) is 0 Å². The van der Waals surface area contributed by atoms with Gasteiger partial charge in [-0.1, -0.05) is 31.2 Å². The Morgan fingerprint density at radius 2 is 1.87 bits per heavy atom. The van der Waals surface area contributed by atoms with Crippen LogP contribution >= 0.6 is 0 Å². The first-order valence-corrected chi connectivity index (χ1v) is 5.32. The van der Waals surface area contributed by atoms with Crippen LogP contribution in [0.25, 0.3) is 11.3 Å². The zero-order valence-electron chi connectivity index (χ0n) is 9.20. The Balaban J connectivity index is 2.44. The van der Waals surface area contributed by atoms with Crippen molar-refractivity contribution < 1.29 is 0 Å². The summed E-state index contributed by atoms with van der Waals surface area (Å²) >= 11 is 0. The Morgan fingerprint density at radius 1 is 1.07 bits per heavy atom. The molecule has 0 bridgehead atoms. The lowest BCUT2D eigenvalue weighted by Crippen LogP contribution is -1.87. The molecule has 76 valence electrons. The van der Waals surface area contributed by atoms with Crippen LogP contribution in [0.5, 0.6) is 0 Å². The molecule has 2 rings (SSSR count). The molecule has 15 heavy (non-hydrogen) atoms. The largest absolute Gasteiger partial charge is 0.253 e.